The van der Waals surface area contributed by atoms with Crippen LogP contribution in [0, 0.1) is 0 Å². The number of carbonyl (C=O) groups is 1. The number of benzene rings is 2. The SMILES string of the molecule is CN(c1ccncc1)c1ccc(CN(c2nccc(OCc3ccccc3)n2)C2CCCN(C(=O)OC(C)(C)C)C2)cc1. The molecule has 1 amide bonds. The van der Waals surface area contributed by atoms with Crippen molar-refractivity contribution in [3.63, 3.8) is 0 Å². The summed E-state index contributed by atoms with van der Waals surface area (Å²) in [5, 5.41) is 0. The van der Waals surface area contributed by atoms with Gasteiger partial charge in [-0.25, -0.2) is 9.78 Å². The van der Waals surface area contributed by atoms with Gasteiger partial charge in [-0.15, -0.1) is 0 Å². The predicted octanol–water partition coefficient (Wildman–Crippen LogP) is 6.62. The van der Waals surface area contributed by atoms with Gasteiger partial charge in [0.15, 0.2) is 0 Å². The monoisotopic (exact) mass is 580 g/mol. The first-order valence-electron chi connectivity index (χ1n) is 14.7. The quantitative estimate of drug-likeness (QED) is 0.218. The van der Waals surface area contributed by atoms with Gasteiger partial charge in [0.05, 0.1) is 6.04 Å². The lowest BCUT2D eigenvalue weighted by molar-refractivity contribution is 0.0197. The molecule has 9 nitrogen and oxygen atoms in total. The smallest absolute Gasteiger partial charge is 0.410 e. The average Bonchev–Trinajstić information content (AvgIpc) is 3.03. The highest BCUT2D eigenvalue weighted by Gasteiger charge is 2.32. The minimum absolute atomic E-state index is 0.00445. The largest absolute Gasteiger partial charge is 0.473 e. The van der Waals surface area contributed by atoms with Gasteiger partial charge >= 0.3 is 6.09 Å². The van der Waals surface area contributed by atoms with Crippen LogP contribution < -0.4 is 14.5 Å². The van der Waals surface area contributed by atoms with Crippen molar-refractivity contribution in [1.29, 1.82) is 0 Å². The van der Waals surface area contributed by atoms with Gasteiger partial charge < -0.3 is 24.2 Å². The normalized spacial score (nSPS) is 15.1. The van der Waals surface area contributed by atoms with E-state index < -0.39 is 5.60 Å². The Morgan fingerprint density at radius 3 is 2.37 bits per heavy atom. The molecule has 0 saturated carbocycles. The van der Waals surface area contributed by atoms with Gasteiger partial charge in [0.2, 0.25) is 11.8 Å². The van der Waals surface area contributed by atoms with Crippen LogP contribution in [-0.2, 0) is 17.9 Å². The summed E-state index contributed by atoms with van der Waals surface area (Å²) in [6.45, 7) is 7.86. The molecular weight excluding hydrogens is 540 g/mol. The Bertz CT molecular complexity index is 1460. The topological polar surface area (TPSA) is 83.9 Å². The molecule has 0 bridgehead atoms. The zero-order valence-electron chi connectivity index (χ0n) is 25.4. The van der Waals surface area contributed by atoms with Crippen LogP contribution >= 0.6 is 0 Å². The molecule has 9 heteroatoms. The first kappa shape index (κ1) is 29.8. The van der Waals surface area contributed by atoms with E-state index in [2.05, 4.69) is 44.0 Å². The molecule has 4 aromatic rings. The number of amides is 1. The van der Waals surface area contributed by atoms with Gasteiger partial charge in [0.1, 0.15) is 12.2 Å². The molecule has 0 spiro atoms. The van der Waals surface area contributed by atoms with Crippen molar-refractivity contribution in [2.75, 3.05) is 29.9 Å². The van der Waals surface area contributed by atoms with Crippen LogP contribution in [-0.4, -0.2) is 57.7 Å². The van der Waals surface area contributed by atoms with Gasteiger partial charge in [-0.1, -0.05) is 42.5 Å². The van der Waals surface area contributed by atoms with Crippen LogP contribution in [0.4, 0.5) is 22.1 Å². The highest BCUT2D eigenvalue weighted by Crippen LogP contribution is 2.27. The molecule has 0 aliphatic carbocycles. The van der Waals surface area contributed by atoms with Crippen LogP contribution in [0.25, 0.3) is 0 Å². The summed E-state index contributed by atoms with van der Waals surface area (Å²) in [4.78, 5) is 32.7. The minimum atomic E-state index is -0.553. The van der Waals surface area contributed by atoms with Crippen molar-refractivity contribution in [3.05, 3.63) is 103 Å². The maximum atomic E-state index is 13.0. The number of aromatic nitrogens is 3. The van der Waals surface area contributed by atoms with Crippen LogP contribution in [0.15, 0.2) is 91.4 Å². The zero-order valence-corrected chi connectivity index (χ0v) is 25.4. The maximum absolute atomic E-state index is 13.0. The lowest BCUT2D eigenvalue weighted by Crippen LogP contribution is -2.51. The number of hydrogen-bond acceptors (Lipinski definition) is 8. The van der Waals surface area contributed by atoms with Crippen molar-refractivity contribution in [2.24, 2.45) is 0 Å². The lowest BCUT2D eigenvalue weighted by Gasteiger charge is -2.39. The summed E-state index contributed by atoms with van der Waals surface area (Å²) in [5.41, 5.74) is 3.76. The molecule has 2 aromatic heterocycles. The Morgan fingerprint density at radius 2 is 1.65 bits per heavy atom. The lowest BCUT2D eigenvalue weighted by atomic mass is 10.0. The third kappa shape index (κ3) is 8.22. The van der Waals surface area contributed by atoms with Gasteiger partial charge in [-0.2, -0.15) is 4.98 Å². The van der Waals surface area contributed by atoms with Crippen molar-refractivity contribution in [1.82, 2.24) is 19.9 Å². The van der Waals surface area contributed by atoms with E-state index in [0.717, 1.165) is 35.3 Å². The number of carbonyl (C=O) groups excluding carboxylic acids is 1. The third-order valence-corrected chi connectivity index (χ3v) is 7.32. The average molecular weight is 581 g/mol. The summed E-state index contributed by atoms with van der Waals surface area (Å²) in [6.07, 6.45) is 6.79. The van der Waals surface area contributed by atoms with E-state index in [-0.39, 0.29) is 12.1 Å². The maximum Gasteiger partial charge on any atom is 0.410 e. The number of anilines is 3. The Hall–Kier alpha value is -4.66. The molecule has 224 valence electrons. The van der Waals surface area contributed by atoms with Crippen LogP contribution in [0.5, 0.6) is 5.88 Å². The number of rotatable bonds is 9. The Morgan fingerprint density at radius 1 is 0.930 bits per heavy atom. The molecular formula is C34H40N6O3. The second-order valence-corrected chi connectivity index (χ2v) is 11.8. The fourth-order valence-electron chi connectivity index (χ4n) is 5.09. The molecule has 0 radical (unpaired) electrons. The Balaban J connectivity index is 1.37. The van der Waals surface area contributed by atoms with E-state index in [4.69, 9.17) is 14.5 Å². The van der Waals surface area contributed by atoms with E-state index in [1.54, 1.807) is 29.6 Å². The van der Waals surface area contributed by atoms with Gasteiger partial charge in [-0.3, -0.25) is 4.98 Å². The third-order valence-electron chi connectivity index (χ3n) is 7.32. The number of hydrogen-bond donors (Lipinski definition) is 0. The van der Waals surface area contributed by atoms with Crippen LogP contribution in [0.1, 0.15) is 44.7 Å². The van der Waals surface area contributed by atoms with E-state index in [9.17, 15) is 4.79 Å². The van der Waals surface area contributed by atoms with E-state index in [1.165, 1.54) is 0 Å². The minimum Gasteiger partial charge on any atom is -0.473 e. The predicted molar refractivity (Wildman–Crippen MR) is 169 cm³/mol. The molecule has 1 fully saturated rings. The van der Waals surface area contributed by atoms with Crippen molar-refractivity contribution in [3.8, 4) is 5.88 Å². The molecule has 3 heterocycles. The molecule has 1 aliphatic heterocycles. The first-order chi connectivity index (χ1) is 20.7. The molecule has 0 N–H and O–H groups in total. The van der Waals surface area contributed by atoms with Crippen molar-refractivity contribution in [2.45, 2.75) is 58.4 Å². The standard InChI is InChI=1S/C34H40N6O3/c1-34(2,3)43-33(41)39-22-8-11-30(24-39)40(32-36-21-18-31(37-32)42-25-27-9-6-5-7-10-27)23-26-12-14-28(15-13-26)38(4)29-16-19-35-20-17-29/h5-7,9-10,12-21,30H,8,11,22-25H2,1-4H3. The second-order valence-electron chi connectivity index (χ2n) is 11.8. The van der Waals surface area contributed by atoms with Crippen molar-refractivity contribution >= 4 is 23.4 Å². The highest BCUT2D eigenvalue weighted by atomic mass is 16.6. The number of piperidine rings is 1. The number of pyridine rings is 1. The summed E-state index contributed by atoms with van der Waals surface area (Å²) in [6, 6.07) is 24.3. The van der Waals surface area contributed by atoms with Gasteiger partial charge in [0, 0.05) is 62.7 Å². The fourth-order valence-corrected chi connectivity index (χ4v) is 5.09. The summed E-state index contributed by atoms with van der Waals surface area (Å²) >= 11 is 0. The number of ether oxygens (including phenoxy) is 2. The van der Waals surface area contributed by atoms with E-state index in [0.29, 0.717) is 38.1 Å². The molecule has 1 aliphatic rings. The van der Waals surface area contributed by atoms with Crippen LogP contribution in [0.2, 0.25) is 0 Å². The van der Waals surface area contributed by atoms with Gasteiger partial charge in [0.25, 0.3) is 0 Å². The molecule has 5 rings (SSSR count). The van der Waals surface area contributed by atoms with E-state index in [1.807, 2.05) is 70.3 Å². The fraction of sp³-hybridized carbons (Fsp3) is 0.353. The summed E-state index contributed by atoms with van der Waals surface area (Å²) in [5.74, 6) is 1.08. The Kier molecular flexibility index (Phi) is 9.39. The van der Waals surface area contributed by atoms with Crippen molar-refractivity contribution < 1.29 is 14.3 Å². The number of likely N-dealkylation sites (tertiary alicyclic amines) is 1. The molecule has 1 unspecified atom stereocenters. The Labute approximate surface area is 254 Å². The van der Waals surface area contributed by atoms with Gasteiger partial charge in [-0.05, 0) is 69.0 Å². The summed E-state index contributed by atoms with van der Waals surface area (Å²) in [7, 11) is 2.04. The number of nitrogens with zero attached hydrogens (tertiary/aromatic N) is 6. The summed E-state index contributed by atoms with van der Waals surface area (Å²) < 4.78 is 11.7. The van der Waals surface area contributed by atoms with Crippen LogP contribution in [0.3, 0.4) is 0 Å². The molecule has 1 atom stereocenters. The molecule has 2 aromatic carbocycles. The molecule has 1 saturated heterocycles. The zero-order chi connectivity index (χ0) is 30.2. The second kappa shape index (κ2) is 13.5. The highest BCUT2D eigenvalue weighted by molar-refractivity contribution is 5.68. The first-order valence-corrected chi connectivity index (χ1v) is 14.7. The molecule has 43 heavy (non-hydrogen) atoms. The van der Waals surface area contributed by atoms with E-state index >= 15 is 0 Å².